The number of aryl methyl sites for hydroxylation is 2. The van der Waals surface area contributed by atoms with Gasteiger partial charge in [-0.25, -0.2) is 15.0 Å². The summed E-state index contributed by atoms with van der Waals surface area (Å²) in [4.78, 5) is 40.3. The van der Waals surface area contributed by atoms with Gasteiger partial charge in [-0.15, -0.1) is 0 Å². The van der Waals surface area contributed by atoms with E-state index in [-0.39, 0.29) is 0 Å². The Morgan fingerprint density at radius 3 is 2.44 bits per heavy atom. The number of aliphatic hydroxyl groups excluding tert-OH is 2. The molecule has 184 valence electrons. The first-order chi connectivity index (χ1) is 16.0. The Hall–Kier alpha value is -2.05. The van der Waals surface area contributed by atoms with E-state index in [0.717, 1.165) is 12.0 Å². The van der Waals surface area contributed by atoms with Crippen molar-refractivity contribution in [3.63, 3.8) is 0 Å². The van der Waals surface area contributed by atoms with Crippen LogP contribution in [0.1, 0.15) is 17.5 Å². The van der Waals surface area contributed by atoms with Gasteiger partial charge in [0.2, 0.25) is 0 Å². The fourth-order valence-electron chi connectivity index (χ4n) is 3.74. The van der Waals surface area contributed by atoms with Crippen LogP contribution in [0.25, 0.3) is 11.2 Å². The molecule has 5 atom stereocenters. The van der Waals surface area contributed by atoms with Gasteiger partial charge in [0.1, 0.15) is 30.2 Å². The average Bonchev–Trinajstić information content (AvgIpc) is 3.32. The molecule has 2 aromatic heterocycles. The summed E-state index contributed by atoms with van der Waals surface area (Å²) in [6, 6.07) is 9.85. The van der Waals surface area contributed by atoms with E-state index in [9.17, 15) is 24.2 Å². The second-order valence-corrected chi connectivity index (χ2v) is 11.9. The summed E-state index contributed by atoms with van der Waals surface area (Å²) < 4.78 is 34.6. The topological polar surface area (TPSA) is 197 Å². The molecular weight excluding hydrogens is 490 g/mol. The summed E-state index contributed by atoms with van der Waals surface area (Å²) in [7, 11) is -9.45. The molecule has 34 heavy (non-hydrogen) atoms. The van der Waals surface area contributed by atoms with Gasteiger partial charge in [0, 0.05) is 0 Å². The molecule has 4 rings (SSSR count). The summed E-state index contributed by atoms with van der Waals surface area (Å²) in [5, 5.41) is 20.9. The number of aliphatic hydroxyl groups is 2. The maximum absolute atomic E-state index is 11.9. The quantitative estimate of drug-likeness (QED) is 0.249. The van der Waals surface area contributed by atoms with Crippen LogP contribution in [0.15, 0.2) is 43.0 Å². The summed E-state index contributed by atoms with van der Waals surface area (Å²) in [6.45, 7) is -0.674. The van der Waals surface area contributed by atoms with Gasteiger partial charge in [-0.3, -0.25) is 13.7 Å². The van der Waals surface area contributed by atoms with Gasteiger partial charge in [0.25, 0.3) is 0 Å². The smallest absolute Gasteiger partial charge is 0.340 e. The lowest BCUT2D eigenvalue weighted by Gasteiger charge is -2.18. The minimum absolute atomic E-state index is 0.366. The molecule has 3 aromatic rings. The van der Waals surface area contributed by atoms with Crippen LogP contribution in [0.2, 0.25) is 0 Å². The lowest BCUT2D eigenvalue weighted by Crippen LogP contribution is -2.33. The van der Waals surface area contributed by atoms with E-state index < -0.39 is 52.2 Å². The van der Waals surface area contributed by atoms with Crippen LogP contribution >= 0.6 is 15.2 Å². The molecule has 1 aliphatic rings. The third-order valence-electron chi connectivity index (χ3n) is 5.34. The van der Waals surface area contributed by atoms with E-state index in [2.05, 4.69) is 15.0 Å². The van der Waals surface area contributed by atoms with Gasteiger partial charge in [0.05, 0.1) is 18.6 Å². The molecule has 13 nitrogen and oxygen atoms in total. The van der Waals surface area contributed by atoms with Crippen LogP contribution in [0.5, 0.6) is 0 Å². The molecule has 0 spiro atoms. The van der Waals surface area contributed by atoms with Crippen molar-refractivity contribution >= 4 is 26.4 Å². The highest BCUT2D eigenvalue weighted by Gasteiger charge is 2.45. The Morgan fingerprint density at radius 1 is 1.00 bits per heavy atom. The van der Waals surface area contributed by atoms with Crippen LogP contribution in [-0.4, -0.2) is 75.2 Å². The van der Waals surface area contributed by atoms with Crippen LogP contribution in [0.4, 0.5) is 0 Å². The first-order valence-electron chi connectivity index (χ1n) is 10.3. The molecule has 3 heterocycles. The lowest BCUT2D eigenvalue weighted by atomic mass is 10.1. The standard InChI is InChI=1S/C19H24N4O9P2/c24-16-14(8-31-34(29,30)11-33(26,27)28)32-19(17(16)25)23-10-22-15-13(20-9-21-18(15)23)7-6-12-4-2-1-3-5-12/h1-5,9-10,14,16-17,19,24-25H,6-8,11H2,(H,29,30)(H2,26,27,28)/t14-,16-,17-,19-/m1/s1. The van der Waals surface area contributed by atoms with Crippen LogP contribution in [0, 0.1) is 0 Å². The van der Waals surface area contributed by atoms with Crippen molar-refractivity contribution in [1.82, 2.24) is 19.5 Å². The van der Waals surface area contributed by atoms with Crippen molar-refractivity contribution < 1.29 is 43.3 Å². The van der Waals surface area contributed by atoms with Crippen molar-refractivity contribution in [2.75, 3.05) is 12.5 Å². The van der Waals surface area contributed by atoms with E-state index in [0.29, 0.717) is 23.3 Å². The Bertz CT molecular complexity index is 1230. The van der Waals surface area contributed by atoms with Gasteiger partial charge < -0.3 is 34.2 Å². The van der Waals surface area contributed by atoms with E-state index in [4.69, 9.17) is 19.0 Å². The van der Waals surface area contributed by atoms with Crippen molar-refractivity contribution in [3.8, 4) is 0 Å². The second-order valence-electron chi connectivity index (χ2n) is 7.92. The van der Waals surface area contributed by atoms with Gasteiger partial charge >= 0.3 is 15.2 Å². The minimum atomic E-state index is -4.80. The number of ether oxygens (including phenoxy) is 1. The highest BCUT2D eigenvalue weighted by atomic mass is 31.2. The molecule has 0 bridgehead atoms. The third-order valence-corrected chi connectivity index (χ3v) is 8.80. The number of benzene rings is 1. The van der Waals surface area contributed by atoms with Gasteiger partial charge in [0.15, 0.2) is 17.8 Å². The third kappa shape index (κ3) is 5.77. The molecule has 0 radical (unpaired) electrons. The first kappa shape index (κ1) is 25.1. The van der Waals surface area contributed by atoms with Crippen LogP contribution in [-0.2, 0) is 31.2 Å². The second kappa shape index (κ2) is 9.90. The molecule has 0 aliphatic carbocycles. The zero-order chi connectivity index (χ0) is 24.5. The van der Waals surface area contributed by atoms with E-state index in [1.165, 1.54) is 17.2 Å². The molecule has 1 saturated heterocycles. The first-order valence-corrected chi connectivity index (χ1v) is 13.8. The van der Waals surface area contributed by atoms with Crippen LogP contribution in [0.3, 0.4) is 0 Å². The normalized spacial score (nSPS) is 25.0. The Balaban J connectivity index is 1.48. The summed E-state index contributed by atoms with van der Waals surface area (Å²) >= 11 is 0. The van der Waals surface area contributed by atoms with E-state index in [1.807, 2.05) is 30.3 Å². The number of fused-ring (bicyclic) bond motifs is 1. The molecule has 1 fully saturated rings. The zero-order valence-corrected chi connectivity index (χ0v) is 19.5. The molecule has 1 aromatic carbocycles. The molecule has 0 amide bonds. The largest absolute Gasteiger partial charge is 0.387 e. The molecule has 5 N–H and O–H groups in total. The monoisotopic (exact) mass is 514 g/mol. The summed E-state index contributed by atoms with van der Waals surface area (Å²) in [5.41, 5.74) is 2.70. The predicted octanol–water partition coefficient (Wildman–Crippen LogP) is 0.568. The van der Waals surface area contributed by atoms with E-state index in [1.54, 1.807) is 0 Å². The van der Waals surface area contributed by atoms with Gasteiger partial charge in [-0.2, -0.15) is 0 Å². The maximum Gasteiger partial charge on any atom is 0.340 e. The molecule has 15 heteroatoms. The fraction of sp³-hybridized carbons (Fsp3) is 0.421. The summed E-state index contributed by atoms with van der Waals surface area (Å²) in [5.74, 6) is -1.37. The van der Waals surface area contributed by atoms with E-state index >= 15 is 0 Å². The fourth-order valence-corrected chi connectivity index (χ4v) is 6.31. The summed E-state index contributed by atoms with van der Waals surface area (Å²) in [6.07, 6.45) is -1.25. The number of nitrogens with zero attached hydrogens (tertiary/aromatic N) is 4. The SMILES string of the molecule is O=P(O)(O)CP(=O)(O)OC[C@H]1O[C@@H](n2cnc3c(CCc4ccccc4)ncnc32)[C@H](O)[C@@H]1O. The lowest BCUT2D eigenvalue weighted by molar-refractivity contribution is -0.0483. The van der Waals surface area contributed by atoms with Gasteiger partial charge in [-0.05, 0) is 18.4 Å². The number of hydrogen-bond donors (Lipinski definition) is 5. The Morgan fingerprint density at radius 2 is 1.74 bits per heavy atom. The van der Waals surface area contributed by atoms with Crippen LogP contribution < -0.4 is 0 Å². The number of aromatic nitrogens is 4. The molecular formula is C19H24N4O9P2. The molecule has 0 saturated carbocycles. The van der Waals surface area contributed by atoms with Crippen molar-refractivity contribution in [2.24, 2.45) is 0 Å². The zero-order valence-electron chi connectivity index (χ0n) is 17.7. The molecule has 1 aliphatic heterocycles. The highest BCUT2D eigenvalue weighted by molar-refractivity contribution is 7.70. The Kier molecular flexibility index (Phi) is 7.30. The maximum atomic E-state index is 11.9. The number of hydrogen-bond acceptors (Lipinski definition) is 9. The minimum Gasteiger partial charge on any atom is -0.387 e. The number of rotatable bonds is 9. The van der Waals surface area contributed by atoms with Crippen molar-refractivity contribution in [3.05, 3.63) is 54.2 Å². The number of imidazole rings is 1. The Labute approximate surface area is 193 Å². The molecule has 1 unspecified atom stereocenters. The van der Waals surface area contributed by atoms with Gasteiger partial charge in [-0.1, -0.05) is 30.3 Å². The average molecular weight is 514 g/mol. The highest BCUT2D eigenvalue weighted by Crippen LogP contribution is 2.55. The van der Waals surface area contributed by atoms with Crippen molar-refractivity contribution in [1.29, 1.82) is 0 Å². The predicted molar refractivity (Wildman–Crippen MR) is 118 cm³/mol. The van der Waals surface area contributed by atoms with Crippen molar-refractivity contribution in [2.45, 2.75) is 37.4 Å².